The molecule has 3 rings (SSSR count). The number of carbonyl (C=O) groups excluding carboxylic acids is 2. The summed E-state index contributed by atoms with van der Waals surface area (Å²) in [4.78, 5) is 26.7. The SMILES string of the molecule is Cc1cc(NC(=O)C(=O)N(Cc2ccco2)C2CCCC2)nn1C. The fraction of sp³-hybridized carbons (Fsp3) is 0.471. The molecule has 0 atom stereocenters. The molecule has 1 fully saturated rings. The van der Waals surface area contributed by atoms with Crippen LogP contribution < -0.4 is 5.32 Å². The summed E-state index contributed by atoms with van der Waals surface area (Å²) in [5.41, 5.74) is 0.904. The number of anilines is 1. The van der Waals surface area contributed by atoms with Crippen LogP contribution in [-0.2, 0) is 23.2 Å². The van der Waals surface area contributed by atoms with Crippen LogP contribution in [-0.4, -0.2) is 32.5 Å². The third-order valence-corrected chi connectivity index (χ3v) is 4.48. The van der Waals surface area contributed by atoms with Gasteiger partial charge >= 0.3 is 11.8 Å². The van der Waals surface area contributed by atoms with Gasteiger partial charge in [-0.3, -0.25) is 14.3 Å². The zero-order valence-corrected chi connectivity index (χ0v) is 14.0. The van der Waals surface area contributed by atoms with Gasteiger partial charge in [-0.05, 0) is 31.9 Å². The van der Waals surface area contributed by atoms with E-state index in [9.17, 15) is 9.59 Å². The quantitative estimate of drug-likeness (QED) is 0.872. The van der Waals surface area contributed by atoms with Crippen molar-refractivity contribution < 1.29 is 14.0 Å². The molecule has 0 bridgehead atoms. The van der Waals surface area contributed by atoms with E-state index < -0.39 is 11.8 Å². The summed E-state index contributed by atoms with van der Waals surface area (Å²) in [7, 11) is 1.79. The molecule has 7 heteroatoms. The van der Waals surface area contributed by atoms with Crippen LogP contribution in [0, 0.1) is 6.92 Å². The smallest absolute Gasteiger partial charge is 0.315 e. The molecule has 0 aromatic carbocycles. The van der Waals surface area contributed by atoms with Crippen molar-refractivity contribution in [3.05, 3.63) is 35.9 Å². The maximum absolute atomic E-state index is 12.7. The Bertz CT molecular complexity index is 695. The first kappa shape index (κ1) is 16.3. The van der Waals surface area contributed by atoms with E-state index in [1.54, 1.807) is 35.0 Å². The molecule has 0 spiro atoms. The van der Waals surface area contributed by atoms with Gasteiger partial charge < -0.3 is 14.6 Å². The van der Waals surface area contributed by atoms with Crippen molar-refractivity contribution in [2.24, 2.45) is 7.05 Å². The molecule has 2 amide bonds. The highest BCUT2D eigenvalue weighted by Crippen LogP contribution is 2.25. The van der Waals surface area contributed by atoms with Gasteiger partial charge in [-0.15, -0.1) is 0 Å². The maximum Gasteiger partial charge on any atom is 0.315 e. The van der Waals surface area contributed by atoms with Crippen molar-refractivity contribution in [3.63, 3.8) is 0 Å². The van der Waals surface area contributed by atoms with Gasteiger partial charge in [-0.1, -0.05) is 12.8 Å². The normalized spacial score (nSPS) is 14.8. The molecular formula is C17H22N4O3. The van der Waals surface area contributed by atoms with E-state index in [0.717, 1.165) is 31.4 Å². The standard InChI is InChI=1S/C17H22N4O3/c1-12-10-15(19-20(12)2)18-16(22)17(23)21(13-6-3-4-7-13)11-14-8-5-9-24-14/h5,8-10,13H,3-4,6-7,11H2,1-2H3,(H,18,19,22). The van der Waals surface area contributed by atoms with Crippen molar-refractivity contribution in [1.82, 2.24) is 14.7 Å². The van der Waals surface area contributed by atoms with Crippen molar-refractivity contribution in [2.45, 2.75) is 45.2 Å². The topological polar surface area (TPSA) is 80.4 Å². The van der Waals surface area contributed by atoms with E-state index in [1.165, 1.54) is 0 Å². The summed E-state index contributed by atoms with van der Waals surface area (Å²) in [6, 6.07) is 5.41. The van der Waals surface area contributed by atoms with Crippen LogP contribution >= 0.6 is 0 Å². The number of hydrogen-bond donors (Lipinski definition) is 1. The minimum absolute atomic E-state index is 0.0822. The van der Waals surface area contributed by atoms with Gasteiger partial charge in [0.25, 0.3) is 0 Å². The van der Waals surface area contributed by atoms with Crippen LogP contribution in [0.1, 0.15) is 37.1 Å². The minimum atomic E-state index is -0.661. The fourth-order valence-corrected chi connectivity index (χ4v) is 3.08. The molecule has 24 heavy (non-hydrogen) atoms. The second-order valence-electron chi connectivity index (χ2n) is 6.20. The second kappa shape index (κ2) is 6.90. The van der Waals surface area contributed by atoms with Crippen LogP contribution in [0.3, 0.4) is 0 Å². The Hall–Kier alpha value is -2.57. The molecular weight excluding hydrogens is 308 g/mol. The van der Waals surface area contributed by atoms with Gasteiger partial charge in [-0.25, -0.2) is 0 Å². The Balaban J connectivity index is 1.72. The molecule has 7 nitrogen and oxygen atoms in total. The first-order valence-corrected chi connectivity index (χ1v) is 8.19. The van der Waals surface area contributed by atoms with E-state index in [4.69, 9.17) is 4.42 Å². The summed E-state index contributed by atoms with van der Waals surface area (Å²) in [6.07, 6.45) is 5.57. The van der Waals surface area contributed by atoms with E-state index in [1.807, 2.05) is 13.0 Å². The van der Waals surface area contributed by atoms with E-state index >= 15 is 0 Å². The number of nitrogens with one attached hydrogen (secondary N) is 1. The molecule has 2 aromatic rings. The van der Waals surface area contributed by atoms with Crippen LogP contribution in [0.15, 0.2) is 28.9 Å². The Kier molecular flexibility index (Phi) is 4.69. The van der Waals surface area contributed by atoms with Crippen LogP contribution in [0.5, 0.6) is 0 Å². The Morgan fingerprint density at radius 1 is 1.42 bits per heavy atom. The molecule has 2 heterocycles. The molecule has 2 aromatic heterocycles. The molecule has 1 aliphatic rings. The number of aryl methyl sites for hydroxylation is 2. The summed E-state index contributed by atoms with van der Waals surface area (Å²) in [6.45, 7) is 2.19. The molecule has 1 saturated carbocycles. The number of nitrogens with zero attached hydrogens (tertiary/aromatic N) is 3. The molecule has 1 aliphatic carbocycles. The van der Waals surface area contributed by atoms with Gasteiger partial charge in [0.2, 0.25) is 0 Å². The highest BCUT2D eigenvalue weighted by atomic mass is 16.3. The summed E-state index contributed by atoms with van der Waals surface area (Å²) in [5, 5.41) is 6.75. The predicted octanol–water partition coefficient (Wildman–Crippen LogP) is 2.23. The van der Waals surface area contributed by atoms with Crippen molar-refractivity contribution >= 4 is 17.6 Å². The minimum Gasteiger partial charge on any atom is -0.467 e. The monoisotopic (exact) mass is 330 g/mol. The third-order valence-electron chi connectivity index (χ3n) is 4.48. The average Bonchev–Trinajstić information content (AvgIpc) is 3.28. The summed E-state index contributed by atoms with van der Waals surface area (Å²) in [5.74, 6) is -0.136. The Morgan fingerprint density at radius 2 is 2.17 bits per heavy atom. The van der Waals surface area contributed by atoms with Crippen LogP contribution in [0.2, 0.25) is 0 Å². The van der Waals surface area contributed by atoms with Crippen molar-refractivity contribution in [3.8, 4) is 0 Å². The number of amides is 2. The van der Waals surface area contributed by atoms with Crippen molar-refractivity contribution in [1.29, 1.82) is 0 Å². The third kappa shape index (κ3) is 3.50. The Morgan fingerprint density at radius 3 is 2.75 bits per heavy atom. The molecule has 1 N–H and O–H groups in total. The fourth-order valence-electron chi connectivity index (χ4n) is 3.08. The van der Waals surface area contributed by atoms with Gasteiger partial charge in [0.05, 0.1) is 12.8 Å². The lowest BCUT2D eigenvalue weighted by atomic mass is 10.2. The number of furan rings is 1. The van der Waals surface area contributed by atoms with E-state index in [2.05, 4.69) is 10.4 Å². The Labute approximate surface area is 140 Å². The van der Waals surface area contributed by atoms with Crippen molar-refractivity contribution in [2.75, 3.05) is 5.32 Å². The molecule has 0 unspecified atom stereocenters. The van der Waals surface area contributed by atoms with Gasteiger partial charge in [0.1, 0.15) is 5.76 Å². The molecule has 0 radical (unpaired) electrons. The highest BCUT2D eigenvalue weighted by Gasteiger charge is 2.31. The predicted molar refractivity (Wildman–Crippen MR) is 88.1 cm³/mol. The first-order valence-electron chi connectivity index (χ1n) is 8.19. The number of aromatic nitrogens is 2. The number of hydrogen-bond acceptors (Lipinski definition) is 4. The highest BCUT2D eigenvalue weighted by molar-refractivity contribution is 6.39. The summed E-state index contributed by atoms with van der Waals surface area (Å²) >= 11 is 0. The number of carbonyl (C=O) groups is 2. The lowest BCUT2D eigenvalue weighted by Crippen LogP contribution is -2.44. The molecule has 0 saturated heterocycles. The van der Waals surface area contributed by atoms with Gasteiger partial charge in [0.15, 0.2) is 5.82 Å². The number of rotatable bonds is 4. The van der Waals surface area contributed by atoms with Gasteiger partial charge in [-0.2, -0.15) is 5.10 Å². The van der Waals surface area contributed by atoms with E-state index in [0.29, 0.717) is 18.1 Å². The van der Waals surface area contributed by atoms with Gasteiger partial charge in [0, 0.05) is 24.8 Å². The lowest BCUT2D eigenvalue weighted by Gasteiger charge is -2.27. The second-order valence-corrected chi connectivity index (χ2v) is 6.20. The summed E-state index contributed by atoms with van der Waals surface area (Å²) < 4.78 is 7.00. The zero-order chi connectivity index (χ0) is 17.1. The first-order chi connectivity index (χ1) is 11.5. The average molecular weight is 330 g/mol. The van der Waals surface area contributed by atoms with Crippen LogP contribution in [0.25, 0.3) is 0 Å². The largest absolute Gasteiger partial charge is 0.467 e. The van der Waals surface area contributed by atoms with Crippen LogP contribution in [0.4, 0.5) is 5.82 Å². The molecule has 128 valence electrons. The molecule has 0 aliphatic heterocycles. The van der Waals surface area contributed by atoms with E-state index in [-0.39, 0.29) is 6.04 Å². The lowest BCUT2D eigenvalue weighted by molar-refractivity contribution is -0.145. The zero-order valence-electron chi connectivity index (χ0n) is 14.0. The maximum atomic E-state index is 12.7.